The lowest BCUT2D eigenvalue weighted by molar-refractivity contribution is 0.487. The van der Waals surface area contributed by atoms with Crippen LogP contribution >= 0.6 is 0 Å². The number of hydrogen-bond donors (Lipinski definition) is 0. The molecule has 11 rings (SSSR count). The normalized spacial score (nSPS) is 13.7. The quantitative estimate of drug-likeness (QED) is 0.206. The monoisotopic (exact) mass is 506 g/mol. The van der Waals surface area contributed by atoms with E-state index in [0.717, 1.165) is 11.5 Å². The summed E-state index contributed by atoms with van der Waals surface area (Å²) in [6.07, 6.45) is 0. The zero-order valence-corrected chi connectivity index (χ0v) is 21.3. The summed E-state index contributed by atoms with van der Waals surface area (Å²) >= 11 is 0. The zero-order valence-electron chi connectivity index (χ0n) is 21.3. The van der Waals surface area contributed by atoms with Gasteiger partial charge in [-0.15, -0.1) is 0 Å². The summed E-state index contributed by atoms with van der Waals surface area (Å²) in [5.74, 6) is 1.91. The first-order valence-electron chi connectivity index (χ1n) is 13.9. The molecule has 0 fully saturated rings. The maximum atomic E-state index is 6.50. The Kier molecular flexibility index (Phi) is 3.21. The van der Waals surface area contributed by atoms with E-state index in [2.05, 4.69) is 124 Å². The Morgan fingerprint density at radius 2 is 1.15 bits per heavy atom. The molecule has 5 heterocycles. The van der Waals surface area contributed by atoms with Crippen LogP contribution in [0.3, 0.4) is 0 Å². The number of nitrogens with zero attached hydrogens (tertiary/aromatic N) is 2. The highest BCUT2D eigenvalue weighted by molar-refractivity contribution is 6.99. The molecule has 0 radical (unpaired) electrons. The summed E-state index contributed by atoms with van der Waals surface area (Å²) in [5, 5.41) is 7.87. The maximum Gasteiger partial charge on any atom is 0.256 e. The van der Waals surface area contributed by atoms with E-state index in [4.69, 9.17) is 4.74 Å². The maximum absolute atomic E-state index is 6.50. The Bertz CT molecular complexity index is 2590. The molecule has 4 heteroatoms. The average Bonchev–Trinajstić information content (AvgIpc) is 3.63. The van der Waals surface area contributed by atoms with Gasteiger partial charge in [0.2, 0.25) is 0 Å². The van der Waals surface area contributed by atoms with Gasteiger partial charge in [-0.1, -0.05) is 78.9 Å². The number of aromatic nitrogens is 2. The molecule has 40 heavy (non-hydrogen) atoms. The van der Waals surface area contributed by atoms with E-state index in [0.29, 0.717) is 0 Å². The van der Waals surface area contributed by atoms with Gasteiger partial charge >= 0.3 is 0 Å². The van der Waals surface area contributed by atoms with Gasteiger partial charge in [-0.05, 0) is 52.8 Å². The van der Waals surface area contributed by atoms with Gasteiger partial charge < -0.3 is 13.7 Å². The predicted molar refractivity (Wildman–Crippen MR) is 167 cm³/mol. The Morgan fingerprint density at radius 3 is 2.10 bits per heavy atom. The first kappa shape index (κ1) is 19.8. The van der Waals surface area contributed by atoms with Crippen LogP contribution in [0.15, 0.2) is 115 Å². The third-order valence-corrected chi connectivity index (χ3v) is 9.50. The van der Waals surface area contributed by atoms with Crippen LogP contribution in [0.2, 0.25) is 0 Å². The van der Waals surface area contributed by atoms with Gasteiger partial charge in [-0.2, -0.15) is 0 Å². The topological polar surface area (TPSA) is 18.6 Å². The van der Waals surface area contributed by atoms with Crippen LogP contribution in [0.4, 0.5) is 0 Å². The SMILES string of the molecule is c1ccc2c(c1)Oc1cccc3c1B2c1cccc2c4cc5c6cccc7c8ccccc8n(c5cc4n-3c12)c76. The minimum Gasteiger partial charge on any atom is -0.458 e. The van der Waals surface area contributed by atoms with Crippen LogP contribution in [-0.2, 0) is 0 Å². The fourth-order valence-electron chi connectivity index (χ4n) is 8.01. The van der Waals surface area contributed by atoms with Gasteiger partial charge in [-0.3, -0.25) is 0 Å². The average molecular weight is 506 g/mol. The number of hydrogen-bond acceptors (Lipinski definition) is 1. The molecule has 3 aromatic heterocycles. The predicted octanol–water partition coefficient (Wildman–Crippen LogP) is 6.87. The first-order valence-corrected chi connectivity index (χ1v) is 13.9. The summed E-state index contributed by atoms with van der Waals surface area (Å²) in [6.45, 7) is 0.150. The number of ether oxygens (including phenoxy) is 1. The standard InChI is InChI=1S/C36H19BN2O/c1-3-14-28-20(8-1)21-9-5-10-22-24-18-25-23-11-6-13-27-36(23)39(31(25)19-30(24)38(28)35(21)22)29-15-7-17-33-34(29)37(27)26-12-2-4-16-32(26)40-33/h1-19H. The van der Waals surface area contributed by atoms with E-state index in [1.165, 1.54) is 82.0 Å². The van der Waals surface area contributed by atoms with Crippen molar-refractivity contribution in [2.75, 3.05) is 0 Å². The Labute approximate surface area is 228 Å². The second kappa shape index (κ2) is 6.49. The van der Waals surface area contributed by atoms with Crippen molar-refractivity contribution in [2.45, 2.75) is 0 Å². The molecule has 0 saturated carbocycles. The summed E-state index contributed by atoms with van der Waals surface area (Å²) in [6, 6.07) is 42.3. The molecule has 3 nitrogen and oxygen atoms in total. The number of benzene rings is 6. The van der Waals surface area contributed by atoms with E-state index < -0.39 is 0 Å². The molecule has 0 spiro atoms. The Hall–Kier alpha value is -5.22. The Morgan fingerprint density at radius 1 is 0.475 bits per heavy atom. The molecule has 0 aliphatic carbocycles. The second-order valence-electron chi connectivity index (χ2n) is 11.3. The largest absolute Gasteiger partial charge is 0.458 e. The van der Waals surface area contributed by atoms with Gasteiger partial charge in [0.1, 0.15) is 11.5 Å². The molecule has 0 bridgehead atoms. The van der Waals surface area contributed by atoms with Crippen molar-refractivity contribution >= 4 is 83.0 Å². The number of rotatable bonds is 0. The van der Waals surface area contributed by atoms with Crippen LogP contribution in [0.25, 0.3) is 65.6 Å². The van der Waals surface area contributed by atoms with Gasteiger partial charge in [-0.25, -0.2) is 0 Å². The molecule has 6 aromatic carbocycles. The number of para-hydroxylation sites is 4. The van der Waals surface area contributed by atoms with E-state index in [9.17, 15) is 0 Å². The van der Waals surface area contributed by atoms with Crippen molar-refractivity contribution in [3.63, 3.8) is 0 Å². The molecule has 0 atom stereocenters. The fourth-order valence-corrected chi connectivity index (χ4v) is 8.01. The molecular weight excluding hydrogens is 487 g/mol. The van der Waals surface area contributed by atoms with E-state index in [1.807, 2.05) is 0 Å². The third-order valence-electron chi connectivity index (χ3n) is 9.50. The summed E-state index contributed by atoms with van der Waals surface area (Å²) in [5.41, 5.74) is 11.5. The van der Waals surface area contributed by atoms with E-state index in [-0.39, 0.29) is 6.71 Å². The molecule has 182 valence electrons. The van der Waals surface area contributed by atoms with Crippen molar-refractivity contribution in [1.82, 2.24) is 8.97 Å². The van der Waals surface area contributed by atoms with E-state index >= 15 is 0 Å². The van der Waals surface area contributed by atoms with Crippen LogP contribution < -0.4 is 21.1 Å². The molecule has 2 aliphatic rings. The van der Waals surface area contributed by atoms with Crippen molar-refractivity contribution < 1.29 is 4.74 Å². The van der Waals surface area contributed by atoms with Crippen molar-refractivity contribution in [3.05, 3.63) is 115 Å². The number of fused-ring (bicyclic) bond motifs is 13. The lowest BCUT2D eigenvalue weighted by Gasteiger charge is -2.33. The molecule has 0 amide bonds. The van der Waals surface area contributed by atoms with Crippen LogP contribution in [0, 0.1) is 0 Å². The summed E-state index contributed by atoms with van der Waals surface area (Å²) in [4.78, 5) is 0. The molecule has 9 aromatic rings. The van der Waals surface area contributed by atoms with Gasteiger partial charge in [0, 0.05) is 43.5 Å². The lowest BCUT2D eigenvalue weighted by Crippen LogP contribution is -2.58. The molecular formula is C36H19BN2O. The van der Waals surface area contributed by atoms with Gasteiger partial charge in [0.25, 0.3) is 6.71 Å². The highest BCUT2D eigenvalue weighted by Gasteiger charge is 2.40. The fraction of sp³-hybridized carbons (Fsp3) is 0. The van der Waals surface area contributed by atoms with Crippen molar-refractivity contribution in [3.8, 4) is 17.2 Å². The van der Waals surface area contributed by atoms with Gasteiger partial charge in [0.15, 0.2) is 0 Å². The van der Waals surface area contributed by atoms with Gasteiger partial charge in [0.05, 0.1) is 22.1 Å². The lowest BCUT2D eigenvalue weighted by atomic mass is 9.34. The highest BCUT2D eigenvalue weighted by Crippen LogP contribution is 2.43. The van der Waals surface area contributed by atoms with Crippen LogP contribution in [0.5, 0.6) is 11.5 Å². The smallest absolute Gasteiger partial charge is 0.256 e. The summed E-state index contributed by atoms with van der Waals surface area (Å²) < 4.78 is 11.5. The minimum atomic E-state index is 0.150. The summed E-state index contributed by atoms with van der Waals surface area (Å²) in [7, 11) is 0. The molecule has 0 unspecified atom stereocenters. The third kappa shape index (κ3) is 2.06. The van der Waals surface area contributed by atoms with Crippen molar-refractivity contribution in [1.29, 1.82) is 0 Å². The second-order valence-corrected chi connectivity index (χ2v) is 11.3. The van der Waals surface area contributed by atoms with Crippen LogP contribution in [-0.4, -0.2) is 15.7 Å². The molecule has 0 N–H and O–H groups in total. The van der Waals surface area contributed by atoms with E-state index in [1.54, 1.807) is 0 Å². The zero-order chi connectivity index (χ0) is 25.7. The molecule has 2 aliphatic heterocycles. The minimum absolute atomic E-state index is 0.150. The highest BCUT2D eigenvalue weighted by atomic mass is 16.5. The van der Waals surface area contributed by atoms with Crippen molar-refractivity contribution in [2.24, 2.45) is 0 Å². The first-order chi connectivity index (χ1) is 19.9. The van der Waals surface area contributed by atoms with Crippen LogP contribution in [0.1, 0.15) is 0 Å². The molecule has 0 saturated heterocycles. The Balaban J connectivity index is 1.37.